The Morgan fingerprint density at radius 1 is 1.13 bits per heavy atom. The molecule has 164 valence electrons. The molecule has 1 fully saturated rings. The van der Waals surface area contributed by atoms with Crippen LogP contribution in [0.2, 0.25) is 0 Å². The number of likely N-dealkylation sites (tertiary alicyclic amines) is 1. The smallest absolute Gasteiger partial charge is 0.295 e. The molecule has 1 saturated heterocycles. The van der Waals surface area contributed by atoms with E-state index in [0.717, 1.165) is 5.56 Å². The second-order valence-corrected chi connectivity index (χ2v) is 7.80. The van der Waals surface area contributed by atoms with Crippen molar-refractivity contribution in [1.29, 1.82) is 0 Å². The van der Waals surface area contributed by atoms with Gasteiger partial charge in [-0.05, 0) is 69.4 Å². The first-order valence-corrected chi connectivity index (χ1v) is 10.2. The fraction of sp³-hybridized carbons (Fsp3) is 0.333. The Kier molecular flexibility index (Phi) is 6.65. The van der Waals surface area contributed by atoms with Gasteiger partial charge in [0.05, 0.1) is 18.2 Å². The number of benzene rings is 2. The van der Waals surface area contributed by atoms with E-state index in [4.69, 9.17) is 4.74 Å². The lowest BCUT2D eigenvalue weighted by Gasteiger charge is -2.26. The highest BCUT2D eigenvalue weighted by molar-refractivity contribution is 6.46. The van der Waals surface area contributed by atoms with Crippen LogP contribution in [0.3, 0.4) is 0 Å². The number of rotatable bonds is 7. The highest BCUT2D eigenvalue weighted by Crippen LogP contribution is 2.40. The molecule has 0 aliphatic carbocycles. The molecular formula is C24H28N2O5. The van der Waals surface area contributed by atoms with Crippen molar-refractivity contribution in [3.63, 3.8) is 0 Å². The Morgan fingerprint density at radius 2 is 1.81 bits per heavy atom. The van der Waals surface area contributed by atoms with E-state index >= 15 is 0 Å². The second kappa shape index (κ2) is 9.22. The van der Waals surface area contributed by atoms with Gasteiger partial charge in [-0.2, -0.15) is 0 Å². The van der Waals surface area contributed by atoms with Gasteiger partial charge in [-0.25, -0.2) is 0 Å². The van der Waals surface area contributed by atoms with Gasteiger partial charge in [-0.1, -0.05) is 12.1 Å². The lowest BCUT2D eigenvalue weighted by Crippen LogP contribution is -2.35. The van der Waals surface area contributed by atoms with Crippen LogP contribution in [-0.2, 0) is 9.59 Å². The van der Waals surface area contributed by atoms with Crippen LogP contribution in [0.15, 0.2) is 48.0 Å². The van der Waals surface area contributed by atoms with Gasteiger partial charge in [0.2, 0.25) is 0 Å². The van der Waals surface area contributed by atoms with Gasteiger partial charge in [-0.15, -0.1) is 0 Å². The topological polar surface area (TPSA) is 90.3 Å². The number of ketones is 1. The third-order valence-corrected chi connectivity index (χ3v) is 5.29. The molecule has 1 atom stereocenters. The maximum absolute atomic E-state index is 13.0. The van der Waals surface area contributed by atoms with E-state index in [0.29, 0.717) is 36.6 Å². The quantitative estimate of drug-likeness (QED) is 0.403. The number of nitrogens with zero attached hydrogens (tertiary/aromatic N) is 2. The number of amides is 1. The van der Waals surface area contributed by atoms with Crippen LogP contribution < -0.4 is 4.74 Å². The number of likely N-dealkylation sites (N-methyl/N-ethyl adjacent to an activating group) is 1. The Morgan fingerprint density at radius 3 is 2.39 bits per heavy atom. The molecule has 0 radical (unpaired) electrons. The molecule has 1 amide bonds. The summed E-state index contributed by atoms with van der Waals surface area (Å²) >= 11 is 0. The Bertz CT molecular complexity index is 1010. The van der Waals surface area contributed by atoms with E-state index in [1.807, 2.05) is 32.8 Å². The Balaban J connectivity index is 2.12. The number of aryl methyl sites for hydroxylation is 1. The van der Waals surface area contributed by atoms with E-state index in [1.54, 1.807) is 30.3 Å². The van der Waals surface area contributed by atoms with E-state index in [1.165, 1.54) is 17.0 Å². The molecule has 2 aromatic carbocycles. The van der Waals surface area contributed by atoms with Crippen molar-refractivity contribution in [2.75, 3.05) is 33.8 Å². The summed E-state index contributed by atoms with van der Waals surface area (Å²) in [6.45, 7) is 5.14. The number of Topliss-reactive ketones (excluding diaryl/α,β-unsaturated/α-hetero) is 1. The zero-order chi connectivity index (χ0) is 22.7. The second-order valence-electron chi connectivity index (χ2n) is 7.80. The average molecular weight is 424 g/mol. The number of ether oxygens (including phenoxy) is 1. The third kappa shape index (κ3) is 4.56. The molecule has 0 aromatic heterocycles. The summed E-state index contributed by atoms with van der Waals surface area (Å²) in [5.41, 5.74) is 1.93. The van der Waals surface area contributed by atoms with E-state index < -0.39 is 17.7 Å². The fourth-order valence-electron chi connectivity index (χ4n) is 3.69. The summed E-state index contributed by atoms with van der Waals surface area (Å²) in [4.78, 5) is 29.2. The van der Waals surface area contributed by atoms with Crippen molar-refractivity contribution >= 4 is 17.4 Å². The van der Waals surface area contributed by atoms with Gasteiger partial charge in [0.25, 0.3) is 11.7 Å². The number of carbonyl (C=O) groups is 2. The standard InChI is InChI=1S/C24H28N2O5/c1-5-31-19-11-8-17(14-15(19)2)22(28)20-21(16-6-9-18(27)10-7-16)26(13-12-25(3)4)24(30)23(20)29/h6-11,14,21,27-28H,5,12-13H2,1-4H3/b22-20-. The lowest BCUT2D eigenvalue weighted by molar-refractivity contribution is -0.140. The summed E-state index contributed by atoms with van der Waals surface area (Å²) < 4.78 is 5.55. The van der Waals surface area contributed by atoms with Gasteiger partial charge in [0, 0.05) is 18.7 Å². The zero-order valence-electron chi connectivity index (χ0n) is 18.3. The largest absolute Gasteiger partial charge is 0.508 e. The van der Waals surface area contributed by atoms with Crippen LogP contribution in [0.5, 0.6) is 11.5 Å². The predicted octanol–water partition coefficient (Wildman–Crippen LogP) is 3.08. The van der Waals surface area contributed by atoms with Crippen molar-refractivity contribution < 1.29 is 24.5 Å². The number of aromatic hydroxyl groups is 1. The lowest BCUT2D eigenvalue weighted by atomic mass is 9.94. The van der Waals surface area contributed by atoms with Crippen LogP contribution in [0, 0.1) is 6.92 Å². The molecule has 0 bridgehead atoms. The van der Waals surface area contributed by atoms with E-state index in [-0.39, 0.29) is 17.1 Å². The summed E-state index contributed by atoms with van der Waals surface area (Å²) in [5, 5.41) is 20.8. The molecule has 2 N–H and O–H groups in total. The average Bonchev–Trinajstić information content (AvgIpc) is 2.98. The minimum atomic E-state index is -0.743. The van der Waals surface area contributed by atoms with E-state index in [2.05, 4.69) is 0 Å². The summed E-state index contributed by atoms with van der Waals surface area (Å²) in [5.74, 6) is -0.823. The molecule has 0 spiro atoms. The predicted molar refractivity (Wildman–Crippen MR) is 118 cm³/mol. The summed E-state index contributed by atoms with van der Waals surface area (Å²) in [6, 6.07) is 10.7. The number of aliphatic hydroxyl groups excluding tert-OH is 1. The highest BCUT2D eigenvalue weighted by atomic mass is 16.5. The molecule has 0 saturated carbocycles. The van der Waals surface area contributed by atoms with Crippen molar-refractivity contribution in [3.8, 4) is 11.5 Å². The molecule has 1 aliphatic rings. The summed E-state index contributed by atoms with van der Waals surface area (Å²) in [6.07, 6.45) is 0. The van der Waals surface area contributed by atoms with Crippen LogP contribution in [0.4, 0.5) is 0 Å². The number of aliphatic hydroxyl groups is 1. The Hall–Kier alpha value is -3.32. The third-order valence-electron chi connectivity index (χ3n) is 5.29. The van der Waals surface area contributed by atoms with Gasteiger partial charge >= 0.3 is 0 Å². The first-order valence-electron chi connectivity index (χ1n) is 10.2. The minimum Gasteiger partial charge on any atom is -0.508 e. The van der Waals surface area contributed by atoms with Gasteiger partial charge < -0.3 is 24.7 Å². The summed E-state index contributed by atoms with van der Waals surface area (Å²) in [7, 11) is 3.77. The van der Waals surface area contributed by atoms with Crippen LogP contribution in [0.1, 0.15) is 29.7 Å². The molecular weight excluding hydrogens is 396 g/mol. The molecule has 31 heavy (non-hydrogen) atoms. The number of phenolic OH excluding ortho intramolecular Hbond substituents is 1. The zero-order valence-corrected chi connectivity index (χ0v) is 18.3. The van der Waals surface area contributed by atoms with Gasteiger partial charge in [0.15, 0.2) is 0 Å². The van der Waals surface area contributed by atoms with Crippen LogP contribution >= 0.6 is 0 Å². The maximum Gasteiger partial charge on any atom is 0.295 e. The normalized spacial score (nSPS) is 18.1. The van der Waals surface area contributed by atoms with Crippen molar-refractivity contribution in [1.82, 2.24) is 9.80 Å². The fourth-order valence-corrected chi connectivity index (χ4v) is 3.69. The molecule has 1 unspecified atom stereocenters. The van der Waals surface area contributed by atoms with Gasteiger partial charge in [-0.3, -0.25) is 9.59 Å². The number of hydrogen-bond donors (Lipinski definition) is 2. The Labute approximate surface area is 182 Å². The SMILES string of the molecule is CCOc1ccc(/C(O)=C2/C(=O)C(=O)N(CCN(C)C)C2c2ccc(O)cc2)cc1C. The minimum absolute atomic E-state index is 0.0398. The molecule has 1 aliphatic heterocycles. The molecule has 7 nitrogen and oxygen atoms in total. The van der Waals surface area contributed by atoms with Crippen LogP contribution in [0.25, 0.3) is 5.76 Å². The van der Waals surface area contributed by atoms with Crippen molar-refractivity contribution in [2.24, 2.45) is 0 Å². The van der Waals surface area contributed by atoms with Crippen LogP contribution in [-0.4, -0.2) is 65.5 Å². The number of hydrogen-bond acceptors (Lipinski definition) is 6. The number of phenols is 1. The monoisotopic (exact) mass is 424 g/mol. The van der Waals surface area contributed by atoms with E-state index in [9.17, 15) is 19.8 Å². The first kappa shape index (κ1) is 22.4. The molecule has 2 aromatic rings. The highest BCUT2D eigenvalue weighted by Gasteiger charge is 2.45. The van der Waals surface area contributed by atoms with Gasteiger partial charge in [0.1, 0.15) is 17.3 Å². The molecule has 3 rings (SSSR count). The first-order chi connectivity index (χ1) is 14.7. The molecule has 7 heteroatoms. The molecule has 1 heterocycles. The van der Waals surface area contributed by atoms with Crippen molar-refractivity contribution in [3.05, 3.63) is 64.7 Å². The van der Waals surface area contributed by atoms with Crippen molar-refractivity contribution in [2.45, 2.75) is 19.9 Å². The number of carbonyl (C=O) groups excluding carboxylic acids is 2. The maximum atomic E-state index is 13.0.